The SMILES string of the molecule is COc1ccccc1NS(=O)(=O)c1cc(NC(=O)c2ccc(S(=O)(=O)N3CCCC3)cc2)ccc1Cl. The number of ether oxygens (including phenoxy) is 1. The van der Waals surface area contributed by atoms with Crippen LogP contribution in [0.1, 0.15) is 23.2 Å². The van der Waals surface area contributed by atoms with Gasteiger partial charge in [0.05, 0.1) is 22.7 Å². The summed E-state index contributed by atoms with van der Waals surface area (Å²) in [5, 5.41) is 2.59. The van der Waals surface area contributed by atoms with Crippen molar-refractivity contribution in [2.45, 2.75) is 22.6 Å². The average molecular weight is 550 g/mol. The van der Waals surface area contributed by atoms with E-state index in [2.05, 4.69) is 10.0 Å². The van der Waals surface area contributed by atoms with Gasteiger partial charge in [-0.1, -0.05) is 23.7 Å². The van der Waals surface area contributed by atoms with Crippen molar-refractivity contribution in [2.75, 3.05) is 30.2 Å². The fraction of sp³-hybridized carbons (Fsp3) is 0.208. The lowest BCUT2D eigenvalue weighted by Crippen LogP contribution is -2.27. The van der Waals surface area contributed by atoms with Crippen molar-refractivity contribution in [3.05, 3.63) is 77.3 Å². The molecule has 3 aromatic carbocycles. The van der Waals surface area contributed by atoms with Crippen molar-refractivity contribution in [3.8, 4) is 5.75 Å². The highest BCUT2D eigenvalue weighted by molar-refractivity contribution is 7.92. The molecule has 1 fully saturated rings. The van der Waals surface area contributed by atoms with Crippen LogP contribution in [0.15, 0.2) is 76.5 Å². The van der Waals surface area contributed by atoms with Crippen molar-refractivity contribution in [1.82, 2.24) is 4.31 Å². The summed E-state index contributed by atoms with van der Waals surface area (Å²) < 4.78 is 60.4. The molecule has 190 valence electrons. The molecule has 36 heavy (non-hydrogen) atoms. The van der Waals surface area contributed by atoms with E-state index in [0.717, 1.165) is 12.8 Å². The zero-order valence-corrected chi connectivity index (χ0v) is 21.7. The van der Waals surface area contributed by atoms with Crippen LogP contribution in [0.2, 0.25) is 5.02 Å². The number of amides is 1. The quantitative estimate of drug-likeness (QED) is 0.434. The summed E-state index contributed by atoms with van der Waals surface area (Å²) in [7, 11) is -6.29. The normalized spacial score (nSPS) is 14.4. The van der Waals surface area contributed by atoms with Crippen LogP contribution in [0.5, 0.6) is 5.75 Å². The van der Waals surface area contributed by atoms with Crippen LogP contribution in [-0.4, -0.2) is 47.2 Å². The van der Waals surface area contributed by atoms with E-state index in [1.165, 1.54) is 53.9 Å². The van der Waals surface area contributed by atoms with Crippen LogP contribution < -0.4 is 14.8 Å². The molecule has 1 aliphatic heterocycles. The lowest BCUT2D eigenvalue weighted by atomic mass is 10.2. The van der Waals surface area contributed by atoms with Gasteiger partial charge in [-0.15, -0.1) is 0 Å². The Bertz CT molecular complexity index is 1490. The maximum atomic E-state index is 13.0. The number of benzene rings is 3. The van der Waals surface area contributed by atoms with Crippen LogP contribution in [0.3, 0.4) is 0 Å². The first-order chi connectivity index (χ1) is 17.1. The van der Waals surface area contributed by atoms with Crippen molar-refractivity contribution < 1.29 is 26.4 Å². The second kappa shape index (κ2) is 10.5. The third kappa shape index (κ3) is 5.49. The van der Waals surface area contributed by atoms with E-state index in [9.17, 15) is 21.6 Å². The maximum absolute atomic E-state index is 13.0. The first kappa shape index (κ1) is 26.0. The predicted molar refractivity (Wildman–Crippen MR) is 138 cm³/mol. The Labute approximate surface area is 215 Å². The number of carbonyl (C=O) groups excluding carboxylic acids is 1. The monoisotopic (exact) mass is 549 g/mol. The van der Waals surface area contributed by atoms with Crippen LogP contribution in [0, 0.1) is 0 Å². The lowest BCUT2D eigenvalue weighted by Gasteiger charge is -2.15. The van der Waals surface area contributed by atoms with Gasteiger partial charge < -0.3 is 10.1 Å². The van der Waals surface area contributed by atoms with Gasteiger partial charge in [-0.3, -0.25) is 9.52 Å². The molecule has 12 heteroatoms. The summed E-state index contributed by atoms with van der Waals surface area (Å²) in [6.07, 6.45) is 1.65. The second-order valence-electron chi connectivity index (χ2n) is 8.04. The number of carbonyl (C=O) groups is 1. The van der Waals surface area contributed by atoms with Gasteiger partial charge in [0.2, 0.25) is 10.0 Å². The minimum absolute atomic E-state index is 0.0353. The number of anilines is 2. The van der Waals surface area contributed by atoms with Crippen molar-refractivity contribution in [1.29, 1.82) is 0 Å². The van der Waals surface area contributed by atoms with Crippen LogP contribution in [0.4, 0.5) is 11.4 Å². The Morgan fingerprint density at radius 3 is 2.28 bits per heavy atom. The van der Waals surface area contributed by atoms with E-state index in [0.29, 0.717) is 18.8 Å². The first-order valence-corrected chi connectivity index (χ1v) is 14.3. The molecular formula is C24H24ClN3O6S2. The van der Waals surface area contributed by atoms with Crippen molar-refractivity contribution in [2.24, 2.45) is 0 Å². The van der Waals surface area contributed by atoms with Crippen LogP contribution in [0.25, 0.3) is 0 Å². The molecular weight excluding hydrogens is 526 g/mol. The molecule has 0 radical (unpaired) electrons. The number of methoxy groups -OCH3 is 1. The second-order valence-corrected chi connectivity index (χ2v) is 12.0. The summed E-state index contributed by atoms with van der Waals surface area (Å²) in [5.41, 5.74) is 0.634. The van der Waals surface area contributed by atoms with Gasteiger partial charge in [-0.25, -0.2) is 16.8 Å². The molecule has 1 amide bonds. The molecule has 0 saturated carbocycles. The third-order valence-corrected chi connectivity index (χ3v) is 9.41. The average Bonchev–Trinajstić information content (AvgIpc) is 3.41. The Balaban J connectivity index is 1.52. The molecule has 9 nitrogen and oxygen atoms in total. The van der Waals surface area contributed by atoms with Gasteiger partial charge in [0, 0.05) is 24.3 Å². The number of hydrogen-bond acceptors (Lipinski definition) is 6. The fourth-order valence-electron chi connectivity index (χ4n) is 3.77. The number of rotatable bonds is 8. The van der Waals surface area contributed by atoms with Gasteiger partial charge >= 0.3 is 0 Å². The third-order valence-electron chi connectivity index (χ3n) is 5.65. The minimum atomic E-state index is -4.11. The van der Waals surface area contributed by atoms with Crippen molar-refractivity contribution >= 4 is 48.9 Å². The summed E-state index contributed by atoms with van der Waals surface area (Å²) in [6.45, 7) is 0.969. The highest BCUT2D eigenvalue weighted by Crippen LogP contribution is 2.30. The lowest BCUT2D eigenvalue weighted by molar-refractivity contribution is 0.102. The van der Waals surface area contributed by atoms with Gasteiger partial charge in [0.15, 0.2) is 0 Å². The van der Waals surface area contributed by atoms with E-state index in [4.69, 9.17) is 16.3 Å². The summed E-state index contributed by atoms with van der Waals surface area (Å²) >= 11 is 6.16. The van der Waals surface area contributed by atoms with Gasteiger partial charge in [-0.05, 0) is 67.4 Å². The molecule has 0 bridgehead atoms. The summed E-state index contributed by atoms with van der Waals surface area (Å²) in [5.74, 6) is -0.208. The number of hydrogen-bond donors (Lipinski definition) is 2. The first-order valence-electron chi connectivity index (χ1n) is 11.0. The predicted octanol–water partition coefficient (Wildman–Crippen LogP) is 4.19. The molecule has 0 aromatic heterocycles. The minimum Gasteiger partial charge on any atom is -0.495 e. The smallest absolute Gasteiger partial charge is 0.263 e. The van der Waals surface area contributed by atoms with Crippen molar-refractivity contribution in [3.63, 3.8) is 0 Å². The molecule has 0 unspecified atom stereocenters. The highest BCUT2D eigenvalue weighted by atomic mass is 35.5. The van der Waals surface area contributed by atoms with E-state index in [-0.39, 0.29) is 31.8 Å². The number of para-hydroxylation sites is 2. The number of nitrogens with one attached hydrogen (secondary N) is 2. The zero-order chi connectivity index (χ0) is 25.9. The maximum Gasteiger partial charge on any atom is 0.263 e. The standard InChI is InChI=1S/C24H24ClN3O6S2/c1-34-22-7-3-2-6-21(22)27-35(30,31)23-16-18(10-13-20(23)25)26-24(29)17-8-11-19(12-9-17)36(32,33)28-14-4-5-15-28/h2-3,6-13,16,27H,4-5,14-15H2,1H3,(H,26,29). The Kier molecular flexibility index (Phi) is 7.55. The van der Waals surface area contributed by atoms with E-state index in [1.54, 1.807) is 24.3 Å². The Morgan fingerprint density at radius 1 is 0.944 bits per heavy atom. The molecule has 1 saturated heterocycles. The molecule has 4 rings (SSSR count). The molecule has 0 spiro atoms. The van der Waals surface area contributed by atoms with E-state index >= 15 is 0 Å². The number of halogens is 1. The molecule has 1 aliphatic rings. The van der Waals surface area contributed by atoms with Crippen LogP contribution in [-0.2, 0) is 20.0 Å². The van der Waals surface area contributed by atoms with E-state index < -0.39 is 26.0 Å². The number of nitrogens with zero attached hydrogens (tertiary/aromatic N) is 1. The number of sulfonamides is 2. The Hall–Kier alpha value is -3.12. The molecule has 3 aromatic rings. The fourth-order valence-corrected chi connectivity index (χ4v) is 6.89. The van der Waals surface area contributed by atoms with Gasteiger partial charge in [0.25, 0.3) is 15.9 Å². The highest BCUT2D eigenvalue weighted by Gasteiger charge is 2.27. The van der Waals surface area contributed by atoms with Gasteiger partial charge in [-0.2, -0.15) is 4.31 Å². The molecule has 1 heterocycles. The Morgan fingerprint density at radius 2 is 1.61 bits per heavy atom. The van der Waals surface area contributed by atoms with Crippen LogP contribution >= 0.6 is 11.6 Å². The zero-order valence-electron chi connectivity index (χ0n) is 19.3. The van der Waals surface area contributed by atoms with Gasteiger partial charge in [0.1, 0.15) is 10.6 Å². The molecule has 0 atom stereocenters. The molecule has 0 aliphatic carbocycles. The largest absolute Gasteiger partial charge is 0.495 e. The van der Waals surface area contributed by atoms with E-state index in [1.807, 2.05) is 0 Å². The summed E-state index contributed by atoms with van der Waals surface area (Å²) in [4.78, 5) is 12.6. The molecule has 2 N–H and O–H groups in total. The topological polar surface area (TPSA) is 122 Å². The summed E-state index contributed by atoms with van der Waals surface area (Å²) in [6, 6.07) is 16.2.